The van der Waals surface area contributed by atoms with Crippen molar-refractivity contribution in [1.82, 2.24) is 9.55 Å². The van der Waals surface area contributed by atoms with Crippen LogP contribution in [0.1, 0.15) is 5.82 Å². The van der Waals surface area contributed by atoms with Crippen molar-refractivity contribution in [3.63, 3.8) is 0 Å². The SMILES string of the molecule is N#Cc1nc2ccccc2c(=N)n1-c1ccc(F)cc1. The Morgan fingerprint density at radius 3 is 2.50 bits per heavy atom. The lowest BCUT2D eigenvalue weighted by molar-refractivity contribution is 0.627. The van der Waals surface area contributed by atoms with Gasteiger partial charge in [0.15, 0.2) is 0 Å². The van der Waals surface area contributed by atoms with Gasteiger partial charge in [0.05, 0.1) is 5.52 Å². The maximum Gasteiger partial charge on any atom is 0.219 e. The molecule has 0 unspecified atom stereocenters. The standard InChI is InChI=1S/C15H9FN4/c16-10-5-7-11(8-6-10)20-14(9-17)19-13-4-2-1-3-12(13)15(20)18/h1-8,18H. The molecule has 0 radical (unpaired) electrons. The molecule has 3 rings (SSSR count). The summed E-state index contributed by atoms with van der Waals surface area (Å²) in [6.07, 6.45) is 0. The van der Waals surface area contributed by atoms with Crippen molar-refractivity contribution in [3.05, 3.63) is 65.7 Å². The van der Waals surface area contributed by atoms with E-state index in [-0.39, 0.29) is 17.1 Å². The minimum atomic E-state index is -0.367. The Kier molecular flexibility index (Phi) is 2.77. The van der Waals surface area contributed by atoms with E-state index in [1.54, 1.807) is 18.2 Å². The van der Waals surface area contributed by atoms with Crippen LogP contribution in [0.2, 0.25) is 0 Å². The van der Waals surface area contributed by atoms with Crippen LogP contribution >= 0.6 is 0 Å². The molecule has 0 atom stereocenters. The summed E-state index contributed by atoms with van der Waals surface area (Å²) >= 11 is 0. The molecule has 0 saturated heterocycles. The van der Waals surface area contributed by atoms with Crippen LogP contribution in [0.3, 0.4) is 0 Å². The summed E-state index contributed by atoms with van der Waals surface area (Å²) in [6, 6.07) is 14.7. The lowest BCUT2D eigenvalue weighted by Gasteiger charge is -2.10. The molecule has 5 heteroatoms. The summed E-state index contributed by atoms with van der Waals surface area (Å²) in [5.74, 6) is -0.270. The zero-order valence-electron chi connectivity index (χ0n) is 10.3. The van der Waals surface area contributed by atoms with Crippen LogP contribution in [0.5, 0.6) is 0 Å². The van der Waals surface area contributed by atoms with Gasteiger partial charge in [-0.05, 0) is 36.4 Å². The average molecular weight is 264 g/mol. The third-order valence-corrected chi connectivity index (χ3v) is 3.01. The largest absolute Gasteiger partial charge is 0.283 e. The average Bonchev–Trinajstić information content (AvgIpc) is 2.48. The molecule has 4 nitrogen and oxygen atoms in total. The molecule has 1 heterocycles. The zero-order chi connectivity index (χ0) is 14.1. The number of fused-ring (bicyclic) bond motifs is 1. The second kappa shape index (κ2) is 4.59. The first kappa shape index (κ1) is 12.1. The molecule has 0 aliphatic heterocycles. The van der Waals surface area contributed by atoms with Gasteiger partial charge in [0.25, 0.3) is 0 Å². The van der Waals surface area contributed by atoms with Gasteiger partial charge in [-0.3, -0.25) is 9.98 Å². The van der Waals surface area contributed by atoms with Gasteiger partial charge >= 0.3 is 0 Å². The summed E-state index contributed by atoms with van der Waals surface area (Å²) in [5, 5.41) is 18.1. The predicted octanol–water partition coefficient (Wildman–Crippen LogP) is 2.52. The normalized spacial score (nSPS) is 10.4. The van der Waals surface area contributed by atoms with E-state index in [9.17, 15) is 9.65 Å². The summed E-state index contributed by atoms with van der Waals surface area (Å²) < 4.78 is 14.4. The molecule has 0 fully saturated rings. The van der Waals surface area contributed by atoms with E-state index < -0.39 is 0 Å². The highest BCUT2D eigenvalue weighted by Gasteiger charge is 2.09. The monoisotopic (exact) mass is 264 g/mol. The van der Waals surface area contributed by atoms with Crippen LogP contribution in [0, 0.1) is 22.6 Å². The third-order valence-electron chi connectivity index (χ3n) is 3.01. The van der Waals surface area contributed by atoms with Crippen molar-refractivity contribution in [2.24, 2.45) is 0 Å². The number of hydrogen-bond acceptors (Lipinski definition) is 3. The molecular formula is C15H9FN4. The number of nitrogens with one attached hydrogen (secondary N) is 1. The van der Waals surface area contributed by atoms with Crippen LogP contribution in [0.15, 0.2) is 48.5 Å². The molecule has 1 aromatic heterocycles. The minimum Gasteiger partial charge on any atom is -0.283 e. The molecule has 1 N–H and O–H groups in total. The molecule has 0 aliphatic carbocycles. The number of halogens is 1. The molecule has 0 bridgehead atoms. The molecule has 0 saturated carbocycles. The Balaban J connectivity index is 2.40. The van der Waals surface area contributed by atoms with E-state index in [1.165, 1.54) is 28.8 Å². The van der Waals surface area contributed by atoms with Gasteiger partial charge in [-0.2, -0.15) is 5.26 Å². The second-order valence-electron chi connectivity index (χ2n) is 4.22. The number of nitrogens with zero attached hydrogens (tertiary/aromatic N) is 3. The lowest BCUT2D eigenvalue weighted by Crippen LogP contribution is -2.22. The number of hydrogen-bond donors (Lipinski definition) is 1. The summed E-state index contributed by atoms with van der Waals surface area (Å²) in [5.41, 5.74) is 1.28. The molecule has 96 valence electrons. The summed E-state index contributed by atoms with van der Waals surface area (Å²) in [4.78, 5) is 4.24. The van der Waals surface area contributed by atoms with Crippen molar-refractivity contribution < 1.29 is 4.39 Å². The smallest absolute Gasteiger partial charge is 0.219 e. The maximum absolute atomic E-state index is 13.0. The Labute approximate surface area is 113 Å². The molecular weight excluding hydrogens is 255 g/mol. The first-order valence-electron chi connectivity index (χ1n) is 5.93. The van der Waals surface area contributed by atoms with E-state index in [0.29, 0.717) is 16.6 Å². The van der Waals surface area contributed by atoms with Crippen molar-refractivity contribution >= 4 is 10.9 Å². The third kappa shape index (κ3) is 1.84. The molecule has 3 aromatic rings. The fraction of sp³-hybridized carbons (Fsp3) is 0. The maximum atomic E-state index is 13.0. The first-order chi connectivity index (χ1) is 9.70. The van der Waals surface area contributed by atoms with E-state index in [2.05, 4.69) is 4.98 Å². The number of rotatable bonds is 1. The number of para-hydroxylation sites is 1. The summed E-state index contributed by atoms with van der Waals surface area (Å²) in [7, 11) is 0. The fourth-order valence-corrected chi connectivity index (χ4v) is 2.08. The van der Waals surface area contributed by atoms with E-state index in [0.717, 1.165) is 0 Å². The van der Waals surface area contributed by atoms with Crippen molar-refractivity contribution in [1.29, 1.82) is 10.7 Å². The van der Waals surface area contributed by atoms with Gasteiger partial charge in [0.1, 0.15) is 17.4 Å². The van der Waals surface area contributed by atoms with Gasteiger partial charge in [0.2, 0.25) is 5.82 Å². The number of nitriles is 1. The van der Waals surface area contributed by atoms with Gasteiger partial charge in [0, 0.05) is 11.1 Å². The van der Waals surface area contributed by atoms with E-state index >= 15 is 0 Å². The highest BCUT2D eigenvalue weighted by Crippen LogP contribution is 2.12. The minimum absolute atomic E-state index is 0.0975. The molecule has 20 heavy (non-hydrogen) atoms. The number of benzene rings is 2. The van der Waals surface area contributed by atoms with Crippen LogP contribution in [-0.4, -0.2) is 9.55 Å². The van der Waals surface area contributed by atoms with Crippen LogP contribution in [0.4, 0.5) is 4.39 Å². The Hall–Kier alpha value is -3.00. The van der Waals surface area contributed by atoms with Gasteiger partial charge in [-0.25, -0.2) is 9.37 Å². The molecule has 0 spiro atoms. The van der Waals surface area contributed by atoms with E-state index in [1.807, 2.05) is 12.1 Å². The van der Waals surface area contributed by atoms with Crippen molar-refractivity contribution in [2.45, 2.75) is 0 Å². The Morgan fingerprint density at radius 2 is 1.80 bits per heavy atom. The molecule has 0 aliphatic rings. The van der Waals surface area contributed by atoms with Gasteiger partial charge < -0.3 is 0 Å². The highest BCUT2D eigenvalue weighted by atomic mass is 19.1. The van der Waals surface area contributed by atoms with E-state index in [4.69, 9.17) is 5.41 Å². The van der Waals surface area contributed by atoms with Crippen molar-refractivity contribution in [2.75, 3.05) is 0 Å². The van der Waals surface area contributed by atoms with Crippen LogP contribution < -0.4 is 5.49 Å². The van der Waals surface area contributed by atoms with Gasteiger partial charge in [-0.15, -0.1) is 0 Å². The Morgan fingerprint density at radius 1 is 1.10 bits per heavy atom. The lowest BCUT2D eigenvalue weighted by atomic mass is 10.2. The van der Waals surface area contributed by atoms with Crippen LogP contribution in [-0.2, 0) is 0 Å². The van der Waals surface area contributed by atoms with Crippen LogP contribution in [0.25, 0.3) is 16.6 Å². The molecule has 0 amide bonds. The second-order valence-corrected chi connectivity index (χ2v) is 4.22. The quantitative estimate of drug-likeness (QED) is 0.734. The van der Waals surface area contributed by atoms with Gasteiger partial charge in [-0.1, -0.05) is 12.1 Å². The fourth-order valence-electron chi connectivity index (χ4n) is 2.08. The number of aromatic nitrogens is 2. The zero-order valence-corrected chi connectivity index (χ0v) is 10.3. The first-order valence-corrected chi connectivity index (χ1v) is 5.93. The topological polar surface area (TPSA) is 65.5 Å². The molecule has 2 aromatic carbocycles. The predicted molar refractivity (Wildman–Crippen MR) is 71.6 cm³/mol. The highest BCUT2D eigenvalue weighted by molar-refractivity contribution is 5.77. The van der Waals surface area contributed by atoms with Crippen molar-refractivity contribution in [3.8, 4) is 11.8 Å². The summed E-state index contributed by atoms with van der Waals surface area (Å²) in [6.45, 7) is 0. The Bertz CT molecular complexity index is 888.